The maximum absolute atomic E-state index is 12.9. The van der Waals surface area contributed by atoms with Gasteiger partial charge in [0.15, 0.2) is 5.69 Å². The molecule has 2 heterocycles. The third-order valence-electron chi connectivity index (χ3n) is 3.08. The fraction of sp³-hybridized carbons (Fsp3) is 0.214. The van der Waals surface area contributed by atoms with Gasteiger partial charge < -0.3 is 10.1 Å². The Hall–Kier alpha value is -2.68. The lowest BCUT2D eigenvalue weighted by Gasteiger charge is -2.11. The van der Waals surface area contributed by atoms with Crippen LogP contribution in [0.4, 0.5) is 24.7 Å². The molecule has 2 aromatic heterocycles. The van der Waals surface area contributed by atoms with Gasteiger partial charge in [-0.1, -0.05) is 12.1 Å². The predicted octanol–water partition coefficient (Wildman–Crippen LogP) is 3.03. The van der Waals surface area contributed by atoms with Gasteiger partial charge in [-0.25, -0.2) is 4.98 Å². The van der Waals surface area contributed by atoms with E-state index in [2.05, 4.69) is 20.4 Å². The Morgan fingerprint density at radius 3 is 2.61 bits per heavy atom. The molecule has 0 aliphatic rings. The molecule has 0 unspecified atom stereocenters. The maximum Gasteiger partial charge on any atom is 0.433 e. The van der Waals surface area contributed by atoms with Crippen LogP contribution in [0.25, 0.3) is 5.78 Å². The number of hydrogen-bond acceptors (Lipinski definition) is 5. The minimum atomic E-state index is -4.56. The van der Waals surface area contributed by atoms with Gasteiger partial charge in [-0.2, -0.15) is 27.8 Å². The molecule has 1 aromatic carbocycles. The number of nitrogens with zero attached hydrogens (tertiary/aromatic N) is 4. The monoisotopic (exact) mass is 323 g/mol. The second-order valence-electron chi connectivity index (χ2n) is 4.75. The van der Waals surface area contributed by atoms with Crippen molar-refractivity contribution in [1.82, 2.24) is 19.6 Å². The first kappa shape index (κ1) is 15.2. The van der Waals surface area contributed by atoms with Crippen molar-refractivity contribution < 1.29 is 17.9 Å². The largest absolute Gasteiger partial charge is 0.433 e. The van der Waals surface area contributed by atoms with Gasteiger partial charge in [0, 0.05) is 18.9 Å². The quantitative estimate of drug-likeness (QED) is 0.799. The van der Waals surface area contributed by atoms with Gasteiger partial charge in [0.25, 0.3) is 5.78 Å². The van der Waals surface area contributed by atoms with Crippen LogP contribution in [-0.2, 0) is 17.5 Å². The molecule has 0 aliphatic carbocycles. The molecule has 0 spiro atoms. The molecule has 0 fully saturated rings. The van der Waals surface area contributed by atoms with E-state index in [1.54, 1.807) is 19.2 Å². The SMILES string of the molecule is COCc1ccc(Nc2cc(C(F)(F)F)nc3ncnn23)cc1. The van der Waals surface area contributed by atoms with Crippen molar-refractivity contribution in [3.8, 4) is 0 Å². The molecule has 6 nitrogen and oxygen atoms in total. The standard InChI is InChI=1S/C14H12F3N5O/c1-23-7-9-2-4-10(5-3-9)20-12-6-11(14(15,16)17)21-13-18-8-19-22(12)13/h2-6,8,20H,7H2,1H3. The second-order valence-corrected chi connectivity index (χ2v) is 4.75. The lowest BCUT2D eigenvalue weighted by molar-refractivity contribution is -0.141. The number of aromatic nitrogens is 4. The molecular weight excluding hydrogens is 311 g/mol. The van der Waals surface area contributed by atoms with Gasteiger partial charge in [0.05, 0.1) is 6.61 Å². The van der Waals surface area contributed by atoms with Crippen LogP contribution < -0.4 is 5.32 Å². The van der Waals surface area contributed by atoms with Gasteiger partial charge in [-0.3, -0.25) is 0 Å². The molecule has 0 atom stereocenters. The summed E-state index contributed by atoms with van der Waals surface area (Å²) in [6.07, 6.45) is -3.41. The Morgan fingerprint density at radius 2 is 1.96 bits per heavy atom. The van der Waals surface area contributed by atoms with E-state index in [4.69, 9.17) is 4.74 Å². The second kappa shape index (κ2) is 5.84. The van der Waals surface area contributed by atoms with Crippen LogP contribution in [0.2, 0.25) is 0 Å². The molecule has 0 aliphatic heterocycles. The number of nitrogens with one attached hydrogen (secondary N) is 1. The van der Waals surface area contributed by atoms with Crippen molar-refractivity contribution >= 4 is 17.3 Å². The van der Waals surface area contributed by atoms with Crippen LogP contribution in [0.1, 0.15) is 11.3 Å². The van der Waals surface area contributed by atoms with E-state index in [0.29, 0.717) is 12.3 Å². The molecule has 3 rings (SSSR count). The van der Waals surface area contributed by atoms with Crippen molar-refractivity contribution in [2.24, 2.45) is 0 Å². The first-order chi connectivity index (χ1) is 11.0. The molecule has 0 bridgehead atoms. The fourth-order valence-electron chi connectivity index (χ4n) is 2.05. The van der Waals surface area contributed by atoms with E-state index in [1.165, 1.54) is 4.52 Å². The van der Waals surface area contributed by atoms with E-state index in [0.717, 1.165) is 18.0 Å². The van der Waals surface area contributed by atoms with Crippen molar-refractivity contribution in [3.05, 3.63) is 47.9 Å². The summed E-state index contributed by atoms with van der Waals surface area (Å²) in [6.45, 7) is 0.459. The number of alkyl halides is 3. The zero-order valence-electron chi connectivity index (χ0n) is 12.0. The van der Waals surface area contributed by atoms with Crippen LogP contribution in [0.5, 0.6) is 0 Å². The van der Waals surface area contributed by atoms with Crippen molar-refractivity contribution in [1.29, 1.82) is 0 Å². The van der Waals surface area contributed by atoms with Gasteiger partial charge in [-0.15, -0.1) is 0 Å². The summed E-state index contributed by atoms with van der Waals surface area (Å²) >= 11 is 0. The van der Waals surface area contributed by atoms with E-state index < -0.39 is 11.9 Å². The first-order valence-electron chi connectivity index (χ1n) is 6.60. The molecule has 3 aromatic rings. The van der Waals surface area contributed by atoms with E-state index in [-0.39, 0.29) is 11.6 Å². The molecule has 0 saturated heterocycles. The Bertz CT molecular complexity index is 813. The zero-order valence-corrected chi connectivity index (χ0v) is 12.0. The topological polar surface area (TPSA) is 64.3 Å². The predicted molar refractivity (Wildman–Crippen MR) is 76.2 cm³/mol. The van der Waals surface area contributed by atoms with E-state index >= 15 is 0 Å². The number of fused-ring (bicyclic) bond motifs is 1. The number of anilines is 2. The number of hydrogen-bond donors (Lipinski definition) is 1. The minimum Gasteiger partial charge on any atom is -0.380 e. The highest BCUT2D eigenvalue weighted by atomic mass is 19.4. The lowest BCUT2D eigenvalue weighted by atomic mass is 10.2. The van der Waals surface area contributed by atoms with Crippen LogP contribution in [0.3, 0.4) is 0 Å². The van der Waals surface area contributed by atoms with Gasteiger partial charge >= 0.3 is 6.18 Å². The van der Waals surface area contributed by atoms with Gasteiger partial charge in [-0.05, 0) is 17.7 Å². The number of ether oxygens (including phenoxy) is 1. The Morgan fingerprint density at radius 1 is 1.22 bits per heavy atom. The van der Waals surface area contributed by atoms with Gasteiger partial charge in [0.2, 0.25) is 0 Å². The highest BCUT2D eigenvalue weighted by Gasteiger charge is 2.34. The van der Waals surface area contributed by atoms with Crippen molar-refractivity contribution in [3.63, 3.8) is 0 Å². The van der Waals surface area contributed by atoms with Crippen LogP contribution in [0, 0.1) is 0 Å². The molecule has 23 heavy (non-hydrogen) atoms. The third-order valence-corrected chi connectivity index (χ3v) is 3.08. The summed E-state index contributed by atoms with van der Waals surface area (Å²) in [5.74, 6) is -0.00218. The molecule has 1 N–H and O–H groups in total. The fourth-order valence-corrected chi connectivity index (χ4v) is 2.05. The summed E-state index contributed by atoms with van der Waals surface area (Å²) in [7, 11) is 1.59. The van der Waals surface area contributed by atoms with Gasteiger partial charge in [0.1, 0.15) is 12.1 Å². The number of rotatable bonds is 4. The Kier molecular flexibility index (Phi) is 3.87. The number of halogens is 3. The first-order valence-corrected chi connectivity index (χ1v) is 6.60. The lowest BCUT2D eigenvalue weighted by Crippen LogP contribution is -2.12. The molecule has 0 radical (unpaired) electrons. The van der Waals surface area contributed by atoms with Crippen LogP contribution in [0.15, 0.2) is 36.7 Å². The highest BCUT2D eigenvalue weighted by Crippen LogP contribution is 2.30. The Labute approximate surface area is 128 Å². The van der Waals surface area contributed by atoms with Crippen molar-refractivity contribution in [2.45, 2.75) is 12.8 Å². The summed E-state index contributed by atoms with van der Waals surface area (Å²) in [5.41, 5.74) is 0.534. The highest BCUT2D eigenvalue weighted by molar-refractivity contribution is 5.59. The smallest absolute Gasteiger partial charge is 0.380 e. The molecule has 0 amide bonds. The summed E-state index contributed by atoms with van der Waals surface area (Å²) in [6, 6.07) is 8.01. The van der Waals surface area contributed by atoms with Crippen LogP contribution >= 0.6 is 0 Å². The maximum atomic E-state index is 12.9. The minimum absolute atomic E-state index is 0.124. The van der Waals surface area contributed by atoms with E-state index in [1.807, 2.05) is 12.1 Å². The molecule has 0 saturated carbocycles. The average Bonchev–Trinajstić information content (AvgIpc) is 2.97. The molecular formula is C14H12F3N5O. The third kappa shape index (κ3) is 3.24. The normalized spacial score (nSPS) is 11.8. The summed E-state index contributed by atoms with van der Waals surface area (Å²) < 4.78 is 45.0. The van der Waals surface area contributed by atoms with Crippen molar-refractivity contribution in [2.75, 3.05) is 12.4 Å². The number of benzene rings is 1. The van der Waals surface area contributed by atoms with Crippen LogP contribution in [-0.4, -0.2) is 26.7 Å². The molecule has 9 heteroatoms. The summed E-state index contributed by atoms with van der Waals surface area (Å²) in [4.78, 5) is 7.17. The zero-order chi connectivity index (χ0) is 16.4. The average molecular weight is 323 g/mol. The molecule has 120 valence electrons. The number of methoxy groups -OCH3 is 1. The van der Waals surface area contributed by atoms with E-state index in [9.17, 15) is 13.2 Å². The summed E-state index contributed by atoms with van der Waals surface area (Å²) in [5, 5.41) is 6.77. The Balaban J connectivity index is 1.96.